The molecule has 1 fully saturated rings. The molecule has 0 amide bonds. The lowest BCUT2D eigenvalue weighted by molar-refractivity contribution is 0.0890. The van der Waals surface area contributed by atoms with E-state index in [-0.39, 0.29) is 11.7 Å². The third-order valence-corrected chi connectivity index (χ3v) is 3.78. The van der Waals surface area contributed by atoms with Crippen molar-refractivity contribution in [3.05, 3.63) is 35.0 Å². The van der Waals surface area contributed by atoms with Gasteiger partial charge in [0.25, 0.3) is 0 Å². The van der Waals surface area contributed by atoms with E-state index in [1.54, 1.807) is 12.1 Å². The van der Waals surface area contributed by atoms with E-state index < -0.39 is 0 Å². The molecule has 1 saturated carbocycles. The van der Waals surface area contributed by atoms with Gasteiger partial charge in [0.2, 0.25) is 5.78 Å². The lowest BCUT2D eigenvalue weighted by Gasteiger charge is -2.04. The number of hydrogen-bond acceptors (Lipinski definition) is 2. The Bertz CT molecular complexity index is 581. The van der Waals surface area contributed by atoms with Crippen LogP contribution in [0.4, 0.5) is 0 Å². The highest BCUT2D eigenvalue weighted by Crippen LogP contribution is 2.39. The molecule has 17 heavy (non-hydrogen) atoms. The Balaban J connectivity index is 2.00. The number of benzene rings is 1. The van der Waals surface area contributed by atoms with Crippen molar-refractivity contribution in [2.75, 3.05) is 0 Å². The summed E-state index contributed by atoms with van der Waals surface area (Å²) in [6, 6.07) is 7.33. The first-order chi connectivity index (χ1) is 8.16. The Morgan fingerprint density at radius 1 is 1.47 bits per heavy atom. The summed E-state index contributed by atoms with van der Waals surface area (Å²) in [5.41, 5.74) is 0.612. The molecular formula is C14H13ClO2. The highest BCUT2D eigenvalue weighted by atomic mass is 35.5. The van der Waals surface area contributed by atoms with Crippen LogP contribution in [0.2, 0.25) is 5.02 Å². The van der Waals surface area contributed by atoms with Gasteiger partial charge in [0.15, 0.2) is 11.3 Å². The molecular weight excluding hydrogens is 236 g/mol. The predicted molar refractivity (Wildman–Crippen MR) is 67.4 cm³/mol. The summed E-state index contributed by atoms with van der Waals surface area (Å²) in [5, 5.41) is 1.45. The molecule has 3 rings (SSSR count). The molecule has 0 saturated heterocycles. The molecule has 0 bridgehead atoms. The molecule has 2 aromatic rings. The van der Waals surface area contributed by atoms with Crippen LogP contribution in [0.15, 0.2) is 28.7 Å². The molecule has 2 nitrogen and oxygen atoms in total. The van der Waals surface area contributed by atoms with E-state index >= 15 is 0 Å². The van der Waals surface area contributed by atoms with Gasteiger partial charge < -0.3 is 4.42 Å². The van der Waals surface area contributed by atoms with Gasteiger partial charge in [-0.05, 0) is 30.9 Å². The molecule has 1 heterocycles. The molecule has 1 atom stereocenters. The van der Waals surface area contributed by atoms with Crippen LogP contribution < -0.4 is 0 Å². The molecule has 88 valence electrons. The van der Waals surface area contributed by atoms with Gasteiger partial charge in [0.1, 0.15) is 0 Å². The van der Waals surface area contributed by atoms with Crippen molar-refractivity contribution in [1.82, 2.24) is 0 Å². The number of rotatable bonds is 3. The quantitative estimate of drug-likeness (QED) is 0.758. The number of furan rings is 1. The van der Waals surface area contributed by atoms with Gasteiger partial charge >= 0.3 is 0 Å². The van der Waals surface area contributed by atoms with Crippen LogP contribution in [0.25, 0.3) is 11.0 Å². The second-order valence-electron chi connectivity index (χ2n) is 4.76. The van der Waals surface area contributed by atoms with Crippen molar-refractivity contribution in [3.63, 3.8) is 0 Å². The first-order valence-electron chi connectivity index (χ1n) is 5.89. The SMILES string of the molecule is CC(C(=O)c1cc2cccc(Cl)c2o1)C1CC1. The molecule has 1 aromatic heterocycles. The third-order valence-electron chi connectivity index (χ3n) is 3.48. The number of Topliss-reactive ketones (excluding diaryl/α,β-unsaturated/α-hetero) is 1. The predicted octanol–water partition coefficient (Wildman–Crippen LogP) is 4.32. The van der Waals surface area contributed by atoms with E-state index in [1.165, 1.54) is 0 Å². The second kappa shape index (κ2) is 3.88. The largest absolute Gasteiger partial charge is 0.451 e. The summed E-state index contributed by atoms with van der Waals surface area (Å²) >= 11 is 6.02. The molecule has 0 N–H and O–H groups in total. The van der Waals surface area contributed by atoms with Crippen LogP contribution in [-0.4, -0.2) is 5.78 Å². The first kappa shape index (κ1) is 10.8. The van der Waals surface area contributed by atoms with E-state index in [2.05, 4.69) is 0 Å². The minimum atomic E-state index is 0.0642. The van der Waals surface area contributed by atoms with Gasteiger partial charge in [-0.15, -0.1) is 0 Å². The molecule has 3 heteroatoms. The summed E-state index contributed by atoms with van der Waals surface area (Å²) in [6.45, 7) is 1.98. The fraction of sp³-hybridized carbons (Fsp3) is 0.357. The highest BCUT2D eigenvalue weighted by Gasteiger charge is 2.34. The van der Waals surface area contributed by atoms with Crippen LogP contribution in [0.1, 0.15) is 30.3 Å². The average molecular weight is 249 g/mol. The first-order valence-corrected chi connectivity index (χ1v) is 6.27. The van der Waals surface area contributed by atoms with E-state index in [9.17, 15) is 4.79 Å². The molecule has 0 aliphatic heterocycles. The maximum Gasteiger partial charge on any atom is 0.201 e. The number of para-hydroxylation sites is 1. The Labute approximate surface area is 105 Å². The summed E-state index contributed by atoms with van der Waals surface area (Å²) in [4.78, 5) is 12.2. The minimum Gasteiger partial charge on any atom is -0.451 e. The summed E-state index contributed by atoms with van der Waals surface area (Å²) in [7, 11) is 0. The van der Waals surface area contributed by atoms with Gasteiger partial charge in [0, 0.05) is 11.3 Å². The van der Waals surface area contributed by atoms with Crippen molar-refractivity contribution in [2.45, 2.75) is 19.8 Å². The molecule has 0 radical (unpaired) electrons. The van der Waals surface area contributed by atoms with Crippen molar-refractivity contribution < 1.29 is 9.21 Å². The lowest BCUT2D eigenvalue weighted by Crippen LogP contribution is -2.12. The highest BCUT2D eigenvalue weighted by molar-refractivity contribution is 6.34. The van der Waals surface area contributed by atoms with Crippen LogP contribution in [0, 0.1) is 11.8 Å². The van der Waals surface area contributed by atoms with E-state index in [0.717, 1.165) is 18.2 Å². The molecule has 1 aromatic carbocycles. The molecule has 1 unspecified atom stereocenters. The minimum absolute atomic E-state index is 0.0642. The molecule has 1 aliphatic carbocycles. The Morgan fingerprint density at radius 3 is 2.88 bits per heavy atom. The van der Waals surface area contributed by atoms with Gasteiger partial charge in [0.05, 0.1) is 5.02 Å². The Morgan fingerprint density at radius 2 is 2.24 bits per heavy atom. The number of hydrogen-bond donors (Lipinski definition) is 0. The van der Waals surface area contributed by atoms with Crippen LogP contribution in [0.3, 0.4) is 0 Å². The zero-order chi connectivity index (χ0) is 12.0. The van der Waals surface area contributed by atoms with Crippen LogP contribution in [0.5, 0.6) is 0 Å². The summed E-state index contributed by atoms with van der Waals surface area (Å²) in [5.74, 6) is 1.15. The smallest absolute Gasteiger partial charge is 0.201 e. The zero-order valence-corrected chi connectivity index (χ0v) is 10.3. The maximum atomic E-state index is 12.2. The van der Waals surface area contributed by atoms with E-state index in [1.807, 2.05) is 19.1 Å². The van der Waals surface area contributed by atoms with Gasteiger partial charge in [-0.1, -0.05) is 30.7 Å². The fourth-order valence-corrected chi connectivity index (χ4v) is 2.40. The van der Waals surface area contributed by atoms with E-state index in [0.29, 0.717) is 22.3 Å². The number of fused-ring (bicyclic) bond motifs is 1. The maximum absolute atomic E-state index is 12.2. The van der Waals surface area contributed by atoms with E-state index in [4.69, 9.17) is 16.0 Å². The van der Waals surface area contributed by atoms with Crippen molar-refractivity contribution in [3.8, 4) is 0 Å². The Hall–Kier alpha value is -1.28. The summed E-state index contributed by atoms with van der Waals surface area (Å²) in [6.07, 6.45) is 2.32. The average Bonchev–Trinajstić information content (AvgIpc) is 3.07. The molecule has 1 aliphatic rings. The number of halogens is 1. The topological polar surface area (TPSA) is 30.2 Å². The summed E-state index contributed by atoms with van der Waals surface area (Å²) < 4.78 is 5.58. The second-order valence-corrected chi connectivity index (χ2v) is 5.17. The number of carbonyl (C=O) groups is 1. The van der Waals surface area contributed by atoms with Gasteiger partial charge in [-0.3, -0.25) is 4.79 Å². The monoisotopic (exact) mass is 248 g/mol. The Kier molecular flexibility index (Phi) is 2.48. The van der Waals surface area contributed by atoms with Crippen molar-refractivity contribution >= 4 is 28.4 Å². The number of carbonyl (C=O) groups excluding carboxylic acids is 1. The van der Waals surface area contributed by atoms with Gasteiger partial charge in [-0.2, -0.15) is 0 Å². The zero-order valence-electron chi connectivity index (χ0n) is 9.57. The standard InChI is InChI=1S/C14H13ClO2/c1-8(9-5-6-9)13(16)12-7-10-3-2-4-11(15)14(10)17-12/h2-4,7-9H,5-6H2,1H3. The lowest BCUT2D eigenvalue weighted by atomic mass is 9.99. The van der Waals surface area contributed by atoms with Crippen LogP contribution in [-0.2, 0) is 0 Å². The fourth-order valence-electron chi connectivity index (χ4n) is 2.18. The van der Waals surface area contributed by atoms with Crippen LogP contribution >= 0.6 is 11.6 Å². The van der Waals surface area contributed by atoms with Crippen molar-refractivity contribution in [1.29, 1.82) is 0 Å². The normalized spacial score (nSPS) is 17.3. The number of ketones is 1. The molecule has 0 spiro atoms. The third kappa shape index (κ3) is 1.87. The van der Waals surface area contributed by atoms with Gasteiger partial charge in [-0.25, -0.2) is 0 Å². The van der Waals surface area contributed by atoms with Crippen molar-refractivity contribution in [2.24, 2.45) is 11.8 Å².